The van der Waals surface area contributed by atoms with Crippen molar-refractivity contribution in [2.24, 2.45) is 0 Å². The van der Waals surface area contributed by atoms with Crippen LogP contribution in [0.1, 0.15) is 6.92 Å². The molecule has 0 spiro atoms. The second kappa shape index (κ2) is 3.54. The molecule has 1 amide bonds. The Hall–Kier alpha value is -0.460. The van der Waals surface area contributed by atoms with Crippen molar-refractivity contribution in [1.29, 1.82) is 0 Å². The van der Waals surface area contributed by atoms with Gasteiger partial charge >= 0.3 is 0 Å². The second-order valence-corrected chi connectivity index (χ2v) is 1.85. The van der Waals surface area contributed by atoms with Gasteiger partial charge in [-0.1, -0.05) is 0 Å². The van der Waals surface area contributed by atoms with Crippen LogP contribution in [-0.4, -0.2) is 26.8 Å². The molecule has 0 aliphatic carbocycles. The molecule has 0 N–H and O–H groups in total. The van der Waals surface area contributed by atoms with Gasteiger partial charge < -0.3 is 4.55 Å². The monoisotopic (exact) mass is 152 g/mol. The van der Waals surface area contributed by atoms with E-state index in [4.69, 9.17) is 0 Å². The summed E-state index contributed by atoms with van der Waals surface area (Å²) in [5.41, 5.74) is 0. The van der Waals surface area contributed by atoms with Crippen LogP contribution in [-0.2, 0) is 20.4 Å². The summed E-state index contributed by atoms with van der Waals surface area (Å²) in [6, 6.07) is 0. The molecule has 0 saturated carbocycles. The van der Waals surface area contributed by atoms with Gasteiger partial charge in [-0.05, 0) is 0 Å². The van der Waals surface area contributed by atoms with E-state index in [1.807, 2.05) is 0 Å². The summed E-state index contributed by atoms with van der Waals surface area (Å²) < 4.78 is 23.3. The van der Waals surface area contributed by atoms with Crippen molar-refractivity contribution in [2.45, 2.75) is 6.92 Å². The predicted octanol–water partition coefficient (Wildman–Crippen LogP) is -0.810. The number of hydrogen-bond acceptors (Lipinski definition) is 4. The van der Waals surface area contributed by atoms with Crippen LogP contribution in [0.4, 0.5) is 0 Å². The summed E-state index contributed by atoms with van der Waals surface area (Å²) in [6.07, 6.45) is 0. The highest BCUT2D eigenvalue weighted by molar-refractivity contribution is 7.74. The zero-order chi connectivity index (χ0) is 7.44. The molecule has 0 aromatic heterocycles. The lowest BCUT2D eigenvalue weighted by Crippen LogP contribution is -2.24. The summed E-state index contributed by atoms with van der Waals surface area (Å²) in [7, 11) is 1.21. The molecule has 1 atom stereocenters. The van der Waals surface area contributed by atoms with E-state index >= 15 is 0 Å². The Balaban J connectivity index is 3.63. The fraction of sp³-hybridized carbons (Fsp3) is 0.667. The van der Waals surface area contributed by atoms with E-state index in [1.54, 1.807) is 0 Å². The minimum Gasteiger partial charge on any atom is -0.748 e. The summed E-state index contributed by atoms with van der Waals surface area (Å²) in [5.74, 6) is -0.473. The molecular formula is C3H6NO4S-. The molecule has 0 rings (SSSR count). The van der Waals surface area contributed by atoms with Crippen molar-refractivity contribution in [3.05, 3.63) is 0 Å². The Morgan fingerprint density at radius 3 is 2.33 bits per heavy atom. The minimum absolute atomic E-state index is 0.473. The standard InChI is InChI=1S/C3H7NO4S/c1-3(5)4(2)8-9(6)7/h1-2H3,(H,6,7)/p-1. The molecule has 54 valence electrons. The molecule has 0 aliphatic heterocycles. The van der Waals surface area contributed by atoms with Crippen LogP contribution in [0.2, 0.25) is 0 Å². The third-order valence-electron chi connectivity index (χ3n) is 0.616. The zero-order valence-corrected chi connectivity index (χ0v) is 5.80. The van der Waals surface area contributed by atoms with E-state index in [-0.39, 0.29) is 0 Å². The smallest absolute Gasteiger partial charge is 0.243 e. The lowest BCUT2D eigenvalue weighted by Gasteiger charge is -2.14. The second-order valence-electron chi connectivity index (χ2n) is 1.30. The molecule has 0 aromatic carbocycles. The van der Waals surface area contributed by atoms with Crippen LogP contribution in [0.5, 0.6) is 0 Å². The highest BCUT2D eigenvalue weighted by Crippen LogP contribution is 1.86. The summed E-state index contributed by atoms with van der Waals surface area (Å²) >= 11 is -2.66. The summed E-state index contributed by atoms with van der Waals surface area (Å²) in [6.45, 7) is 1.19. The Labute approximate surface area is 55.0 Å². The van der Waals surface area contributed by atoms with Crippen molar-refractivity contribution in [2.75, 3.05) is 7.05 Å². The number of hydroxylamine groups is 2. The van der Waals surface area contributed by atoms with Crippen molar-refractivity contribution >= 4 is 17.3 Å². The quantitative estimate of drug-likeness (QED) is 0.383. The molecule has 0 fully saturated rings. The van der Waals surface area contributed by atoms with Gasteiger partial charge in [0, 0.05) is 14.0 Å². The number of amides is 1. The first-order valence-electron chi connectivity index (χ1n) is 2.06. The van der Waals surface area contributed by atoms with Gasteiger partial charge in [0.25, 0.3) is 0 Å². The average Bonchev–Trinajstić information content (AvgIpc) is 1.63. The third kappa shape index (κ3) is 4.07. The molecule has 5 nitrogen and oxygen atoms in total. The predicted molar refractivity (Wildman–Crippen MR) is 28.4 cm³/mol. The maximum atomic E-state index is 10.2. The van der Waals surface area contributed by atoms with Crippen LogP contribution in [0, 0.1) is 0 Å². The highest BCUT2D eigenvalue weighted by atomic mass is 32.2. The number of rotatable bonds is 2. The van der Waals surface area contributed by atoms with Gasteiger partial charge in [-0.2, -0.15) is 4.28 Å². The van der Waals surface area contributed by atoms with Crippen molar-refractivity contribution in [3.63, 3.8) is 0 Å². The van der Waals surface area contributed by atoms with Gasteiger partial charge in [-0.15, -0.1) is 0 Å². The fourth-order valence-electron chi connectivity index (χ4n) is 0.144. The van der Waals surface area contributed by atoms with Gasteiger partial charge in [-0.3, -0.25) is 4.79 Å². The van der Waals surface area contributed by atoms with E-state index in [0.29, 0.717) is 5.06 Å². The molecule has 0 heterocycles. The largest absolute Gasteiger partial charge is 0.748 e. The van der Waals surface area contributed by atoms with Gasteiger partial charge in [0.05, 0.1) is 0 Å². The molecule has 0 aliphatic rings. The average molecular weight is 152 g/mol. The zero-order valence-electron chi connectivity index (χ0n) is 4.99. The van der Waals surface area contributed by atoms with Crippen molar-refractivity contribution in [3.8, 4) is 0 Å². The normalized spacial score (nSPS) is 12.8. The first-order chi connectivity index (χ1) is 4.04. The van der Waals surface area contributed by atoms with E-state index in [1.165, 1.54) is 14.0 Å². The molecule has 1 unspecified atom stereocenters. The number of carbonyl (C=O) groups excluding carboxylic acids is 1. The molecule has 0 radical (unpaired) electrons. The van der Waals surface area contributed by atoms with Crippen LogP contribution < -0.4 is 0 Å². The van der Waals surface area contributed by atoms with Gasteiger partial charge in [0.1, 0.15) is 11.4 Å². The molecule has 0 bridgehead atoms. The van der Waals surface area contributed by atoms with E-state index in [0.717, 1.165) is 0 Å². The molecule has 9 heavy (non-hydrogen) atoms. The first kappa shape index (κ1) is 8.54. The van der Waals surface area contributed by atoms with Gasteiger partial charge in [-0.25, -0.2) is 9.27 Å². The van der Waals surface area contributed by atoms with Crippen molar-refractivity contribution < 1.29 is 17.8 Å². The van der Waals surface area contributed by atoms with Crippen LogP contribution in [0.3, 0.4) is 0 Å². The van der Waals surface area contributed by atoms with Crippen LogP contribution >= 0.6 is 0 Å². The third-order valence-corrected chi connectivity index (χ3v) is 0.961. The van der Waals surface area contributed by atoms with Gasteiger partial charge in [0.15, 0.2) is 0 Å². The van der Waals surface area contributed by atoms with Crippen molar-refractivity contribution in [1.82, 2.24) is 5.06 Å². The summed E-state index contributed by atoms with van der Waals surface area (Å²) in [4.78, 5) is 10.2. The Morgan fingerprint density at radius 1 is 1.78 bits per heavy atom. The molecule has 0 saturated heterocycles. The van der Waals surface area contributed by atoms with E-state index < -0.39 is 17.3 Å². The van der Waals surface area contributed by atoms with Crippen LogP contribution in [0.25, 0.3) is 0 Å². The van der Waals surface area contributed by atoms with E-state index in [2.05, 4.69) is 4.28 Å². The topological polar surface area (TPSA) is 69.7 Å². The van der Waals surface area contributed by atoms with Crippen LogP contribution in [0.15, 0.2) is 0 Å². The lowest BCUT2D eigenvalue weighted by atomic mass is 10.7. The fourth-order valence-corrected chi connectivity index (χ4v) is 0.431. The molecule has 0 aromatic rings. The SMILES string of the molecule is CC(=O)N(C)OS(=O)[O-]. The Kier molecular flexibility index (Phi) is 3.36. The lowest BCUT2D eigenvalue weighted by molar-refractivity contribution is -0.149. The number of carbonyl (C=O) groups is 1. The summed E-state index contributed by atoms with van der Waals surface area (Å²) in [5, 5.41) is 0.614. The highest BCUT2D eigenvalue weighted by Gasteiger charge is 2.00. The van der Waals surface area contributed by atoms with E-state index in [9.17, 15) is 13.6 Å². The number of hydrogen-bond donors (Lipinski definition) is 0. The Morgan fingerprint density at radius 2 is 2.22 bits per heavy atom. The first-order valence-corrected chi connectivity index (χ1v) is 3.06. The molecular weight excluding hydrogens is 146 g/mol. The minimum atomic E-state index is -2.66. The molecule has 6 heteroatoms. The van der Waals surface area contributed by atoms with Gasteiger partial charge in [0.2, 0.25) is 5.91 Å². The number of nitrogens with zero attached hydrogens (tertiary/aromatic N) is 1. The maximum Gasteiger partial charge on any atom is 0.243 e. The Bertz CT molecular complexity index is 136. The maximum absolute atomic E-state index is 10.2.